The Morgan fingerprint density at radius 2 is 2.10 bits per heavy atom. The van der Waals surface area contributed by atoms with Crippen molar-refractivity contribution in [3.8, 4) is 0 Å². The zero-order chi connectivity index (χ0) is 14.1. The van der Waals surface area contributed by atoms with E-state index in [2.05, 4.69) is 6.07 Å². The predicted octanol–water partition coefficient (Wildman–Crippen LogP) is 2.09. The van der Waals surface area contributed by atoms with Crippen molar-refractivity contribution in [2.45, 2.75) is 31.2 Å². The Morgan fingerprint density at radius 1 is 1.30 bits per heavy atom. The third kappa shape index (κ3) is 2.30. The Labute approximate surface area is 122 Å². The zero-order valence-electron chi connectivity index (χ0n) is 11.1. The topological polar surface area (TPSA) is 57.6 Å². The highest BCUT2D eigenvalue weighted by atomic mass is 32.2. The van der Waals surface area contributed by atoms with E-state index < -0.39 is 12.0 Å². The van der Waals surface area contributed by atoms with Crippen LogP contribution in [0, 0.1) is 0 Å². The number of carboxylic acids is 1. The number of benzene rings is 1. The summed E-state index contributed by atoms with van der Waals surface area (Å²) in [5.74, 6) is -0.0910. The third-order valence-electron chi connectivity index (χ3n) is 4.12. The van der Waals surface area contributed by atoms with Crippen LogP contribution in [0.4, 0.5) is 0 Å². The van der Waals surface area contributed by atoms with E-state index in [0.717, 1.165) is 24.8 Å². The molecule has 4 nitrogen and oxygen atoms in total. The molecule has 20 heavy (non-hydrogen) atoms. The van der Waals surface area contributed by atoms with Gasteiger partial charge in [-0.3, -0.25) is 4.79 Å². The molecule has 1 aliphatic carbocycles. The molecule has 1 aliphatic heterocycles. The largest absolute Gasteiger partial charge is 0.480 e. The number of amides is 1. The van der Waals surface area contributed by atoms with Gasteiger partial charge in [0.05, 0.1) is 11.8 Å². The molecule has 1 aromatic rings. The average Bonchev–Trinajstić information content (AvgIpc) is 2.95. The SMILES string of the molecule is O=C(O)C1CSCN1C(=O)C1CCCc2ccccc21. The molecular formula is C15H17NO3S. The number of hydrogen-bond donors (Lipinski definition) is 1. The number of hydrogen-bond acceptors (Lipinski definition) is 3. The summed E-state index contributed by atoms with van der Waals surface area (Å²) in [6.07, 6.45) is 2.83. The maximum Gasteiger partial charge on any atom is 0.327 e. The van der Waals surface area contributed by atoms with Crippen LogP contribution in [-0.2, 0) is 16.0 Å². The fraction of sp³-hybridized carbons (Fsp3) is 0.467. The normalized spacial score (nSPS) is 25.3. The van der Waals surface area contributed by atoms with Crippen LogP contribution in [-0.4, -0.2) is 39.6 Å². The highest BCUT2D eigenvalue weighted by Crippen LogP contribution is 2.35. The number of rotatable bonds is 2. The molecule has 1 saturated heterocycles. The second kappa shape index (κ2) is 5.48. The third-order valence-corrected chi connectivity index (χ3v) is 5.13. The zero-order valence-corrected chi connectivity index (χ0v) is 11.9. The van der Waals surface area contributed by atoms with Gasteiger partial charge in [-0.2, -0.15) is 0 Å². The van der Waals surface area contributed by atoms with Crippen LogP contribution in [0.3, 0.4) is 0 Å². The highest BCUT2D eigenvalue weighted by Gasteiger charge is 2.39. The number of nitrogens with zero attached hydrogens (tertiary/aromatic N) is 1. The number of aliphatic carboxylic acids is 1. The number of fused-ring (bicyclic) bond motifs is 1. The maximum atomic E-state index is 12.7. The van der Waals surface area contributed by atoms with Crippen LogP contribution >= 0.6 is 11.8 Å². The molecule has 1 amide bonds. The molecule has 2 unspecified atom stereocenters. The van der Waals surface area contributed by atoms with Crippen molar-refractivity contribution in [2.24, 2.45) is 0 Å². The summed E-state index contributed by atoms with van der Waals surface area (Å²) in [7, 11) is 0. The Hall–Kier alpha value is -1.49. The molecule has 0 radical (unpaired) electrons. The van der Waals surface area contributed by atoms with E-state index in [0.29, 0.717) is 11.6 Å². The maximum absolute atomic E-state index is 12.7. The summed E-state index contributed by atoms with van der Waals surface area (Å²) in [4.78, 5) is 25.5. The lowest BCUT2D eigenvalue weighted by Crippen LogP contribution is -2.44. The first-order chi connectivity index (χ1) is 9.68. The van der Waals surface area contributed by atoms with Crippen molar-refractivity contribution in [3.63, 3.8) is 0 Å². The van der Waals surface area contributed by atoms with Gasteiger partial charge in [-0.15, -0.1) is 11.8 Å². The molecule has 0 saturated carbocycles. The lowest BCUT2D eigenvalue weighted by atomic mass is 9.82. The molecule has 3 rings (SSSR count). The van der Waals surface area contributed by atoms with Gasteiger partial charge >= 0.3 is 5.97 Å². The van der Waals surface area contributed by atoms with E-state index in [9.17, 15) is 14.7 Å². The fourth-order valence-corrected chi connectivity index (χ4v) is 4.23. The molecule has 1 heterocycles. The second-order valence-corrected chi connectivity index (χ2v) is 6.31. The number of aryl methyl sites for hydroxylation is 1. The van der Waals surface area contributed by atoms with E-state index in [1.807, 2.05) is 18.2 Å². The molecular weight excluding hydrogens is 274 g/mol. The van der Waals surface area contributed by atoms with E-state index >= 15 is 0 Å². The van der Waals surface area contributed by atoms with Crippen molar-refractivity contribution < 1.29 is 14.7 Å². The molecule has 106 valence electrons. The van der Waals surface area contributed by atoms with E-state index in [-0.39, 0.29) is 11.8 Å². The van der Waals surface area contributed by atoms with Gasteiger partial charge in [-0.1, -0.05) is 24.3 Å². The quantitative estimate of drug-likeness (QED) is 0.906. The minimum Gasteiger partial charge on any atom is -0.480 e. The van der Waals surface area contributed by atoms with Gasteiger partial charge in [0.1, 0.15) is 6.04 Å². The van der Waals surface area contributed by atoms with Crippen molar-refractivity contribution in [1.82, 2.24) is 4.90 Å². The van der Waals surface area contributed by atoms with E-state index in [4.69, 9.17) is 0 Å². The van der Waals surface area contributed by atoms with Crippen molar-refractivity contribution >= 4 is 23.6 Å². The molecule has 2 atom stereocenters. The smallest absolute Gasteiger partial charge is 0.327 e. The molecule has 0 bridgehead atoms. The van der Waals surface area contributed by atoms with E-state index in [1.54, 1.807) is 4.90 Å². The summed E-state index contributed by atoms with van der Waals surface area (Å²) in [6, 6.07) is 7.37. The van der Waals surface area contributed by atoms with Crippen LogP contribution in [0.2, 0.25) is 0 Å². The lowest BCUT2D eigenvalue weighted by Gasteiger charge is -2.30. The summed E-state index contributed by atoms with van der Waals surface area (Å²) in [6.45, 7) is 0. The molecule has 2 aliphatic rings. The number of carbonyl (C=O) groups excluding carboxylic acids is 1. The monoisotopic (exact) mass is 291 g/mol. The Kier molecular flexibility index (Phi) is 3.70. The number of carbonyl (C=O) groups is 2. The average molecular weight is 291 g/mol. The molecule has 5 heteroatoms. The summed E-state index contributed by atoms with van der Waals surface area (Å²) >= 11 is 1.52. The van der Waals surface area contributed by atoms with Gasteiger partial charge in [-0.05, 0) is 30.4 Å². The molecule has 0 aromatic heterocycles. The minimum absolute atomic E-state index is 0.0189. The van der Waals surface area contributed by atoms with Gasteiger partial charge in [0, 0.05) is 5.75 Å². The van der Waals surface area contributed by atoms with Gasteiger partial charge in [0.2, 0.25) is 5.91 Å². The lowest BCUT2D eigenvalue weighted by molar-refractivity contribution is -0.148. The summed E-state index contributed by atoms with van der Waals surface area (Å²) in [5, 5.41) is 9.22. The van der Waals surface area contributed by atoms with E-state index in [1.165, 1.54) is 17.3 Å². The first kappa shape index (κ1) is 13.5. The molecule has 1 fully saturated rings. The van der Waals surface area contributed by atoms with Crippen LogP contribution in [0.1, 0.15) is 29.9 Å². The predicted molar refractivity (Wildman–Crippen MR) is 77.7 cm³/mol. The number of thioether (sulfide) groups is 1. The first-order valence-electron chi connectivity index (χ1n) is 6.87. The molecule has 1 N–H and O–H groups in total. The standard InChI is InChI=1S/C15H17NO3S/c17-14(16-9-20-8-13(16)15(18)19)12-7-3-5-10-4-1-2-6-11(10)12/h1-2,4,6,12-13H,3,5,7-9H2,(H,18,19). The second-order valence-electron chi connectivity index (χ2n) is 5.31. The van der Waals surface area contributed by atoms with Crippen LogP contribution < -0.4 is 0 Å². The first-order valence-corrected chi connectivity index (χ1v) is 8.03. The minimum atomic E-state index is -0.896. The Bertz CT molecular complexity index is 546. The van der Waals surface area contributed by atoms with Crippen molar-refractivity contribution in [3.05, 3.63) is 35.4 Å². The Balaban J connectivity index is 1.87. The van der Waals surface area contributed by atoms with Gasteiger partial charge in [0.15, 0.2) is 0 Å². The molecule has 0 spiro atoms. The van der Waals surface area contributed by atoms with Crippen molar-refractivity contribution in [1.29, 1.82) is 0 Å². The number of carboxylic acid groups (broad SMARTS) is 1. The van der Waals surface area contributed by atoms with Crippen LogP contribution in [0.25, 0.3) is 0 Å². The Morgan fingerprint density at radius 3 is 2.90 bits per heavy atom. The summed E-state index contributed by atoms with van der Waals surface area (Å²) in [5.41, 5.74) is 2.32. The van der Waals surface area contributed by atoms with Crippen LogP contribution in [0.5, 0.6) is 0 Å². The van der Waals surface area contributed by atoms with Gasteiger partial charge in [0.25, 0.3) is 0 Å². The van der Waals surface area contributed by atoms with Gasteiger partial charge in [-0.25, -0.2) is 4.79 Å². The van der Waals surface area contributed by atoms with Gasteiger partial charge < -0.3 is 10.0 Å². The van der Waals surface area contributed by atoms with Crippen LogP contribution in [0.15, 0.2) is 24.3 Å². The fourth-order valence-electron chi connectivity index (χ4n) is 3.08. The van der Waals surface area contributed by atoms with Crippen molar-refractivity contribution in [2.75, 3.05) is 11.6 Å². The highest BCUT2D eigenvalue weighted by molar-refractivity contribution is 7.99. The summed E-state index contributed by atoms with van der Waals surface area (Å²) < 4.78 is 0. The molecule has 1 aromatic carbocycles.